The number of ether oxygens (including phenoxy) is 4. The molecule has 0 aromatic carbocycles. The summed E-state index contributed by atoms with van der Waals surface area (Å²) in [6.45, 7) is 4.53. The van der Waals surface area contributed by atoms with E-state index in [0.29, 0.717) is 25.7 Å². The lowest BCUT2D eigenvalue weighted by Crippen LogP contribution is -2.30. The molecule has 3 N–H and O–H groups in total. The van der Waals surface area contributed by atoms with Crippen LogP contribution in [0.2, 0.25) is 0 Å². The number of phosphoric ester groups is 2. The molecule has 0 aromatic heterocycles. The van der Waals surface area contributed by atoms with Crippen LogP contribution in [0.25, 0.3) is 0 Å². The van der Waals surface area contributed by atoms with E-state index >= 15 is 0 Å². The molecule has 0 aliphatic carbocycles. The van der Waals surface area contributed by atoms with Crippen LogP contribution >= 0.6 is 15.6 Å². The lowest BCUT2D eigenvalue weighted by atomic mass is 10.1. The lowest BCUT2D eigenvalue weighted by molar-refractivity contribution is -0.161. The Hall–Kier alpha value is -4.54. The molecule has 0 aliphatic heterocycles. The van der Waals surface area contributed by atoms with Gasteiger partial charge in [0.05, 0.1) is 26.4 Å². The number of allylic oxidation sites excluding steroid dienone is 20. The predicted octanol–water partition coefficient (Wildman–Crippen LogP) is 22.3. The Morgan fingerprint density at radius 2 is 0.520 bits per heavy atom. The smallest absolute Gasteiger partial charge is 0.462 e. The minimum absolute atomic E-state index is 0.0673. The van der Waals surface area contributed by atoms with E-state index in [4.69, 9.17) is 37.0 Å². The van der Waals surface area contributed by atoms with Gasteiger partial charge in [-0.05, 0) is 154 Å². The molecule has 100 heavy (non-hydrogen) atoms. The molecule has 0 amide bonds. The van der Waals surface area contributed by atoms with Crippen LogP contribution in [-0.2, 0) is 65.4 Å². The van der Waals surface area contributed by atoms with Gasteiger partial charge in [-0.25, -0.2) is 9.13 Å². The average molecular weight is 1450 g/mol. The molecule has 0 saturated carbocycles. The zero-order valence-corrected chi connectivity index (χ0v) is 64.4. The van der Waals surface area contributed by atoms with Gasteiger partial charge in [0.2, 0.25) is 0 Å². The summed E-state index contributed by atoms with van der Waals surface area (Å²) in [6, 6.07) is 0. The molecule has 0 saturated heterocycles. The van der Waals surface area contributed by atoms with Crippen LogP contribution in [0.3, 0.4) is 0 Å². The van der Waals surface area contributed by atoms with E-state index in [0.717, 1.165) is 173 Å². The molecule has 0 aromatic rings. The quantitative estimate of drug-likeness (QED) is 0.0169. The highest BCUT2D eigenvalue weighted by Gasteiger charge is 2.30. The highest BCUT2D eigenvalue weighted by Crippen LogP contribution is 2.45. The van der Waals surface area contributed by atoms with Crippen LogP contribution in [0.5, 0.6) is 0 Å². The topological polar surface area (TPSA) is 237 Å². The second-order valence-corrected chi connectivity index (χ2v) is 28.4. The Kier molecular flexibility index (Phi) is 69.5. The Bertz CT molecular complexity index is 2370. The Morgan fingerprint density at radius 3 is 0.850 bits per heavy atom. The van der Waals surface area contributed by atoms with Gasteiger partial charge in [-0.1, -0.05) is 252 Å². The van der Waals surface area contributed by atoms with E-state index in [1.54, 1.807) is 0 Å². The van der Waals surface area contributed by atoms with Crippen molar-refractivity contribution in [1.29, 1.82) is 0 Å². The highest BCUT2D eigenvalue weighted by atomic mass is 31.2. The van der Waals surface area contributed by atoms with Crippen molar-refractivity contribution in [3.63, 3.8) is 0 Å². The first kappa shape index (κ1) is 95.5. The zero-order valence-electron chi connectivity index (χ0n) is 62.6. The number of hydrogen-bond acceptors (Lipinski definition) is 15. The summed E-state index contributed by atoms with van der Waals surface area (Å²) in [5.41, 5.74) is 0. The summed E-state index contributed by atoms with van der Waals surface area (Å²) in [5, 5.41) is 10.6. The van der Waals surface area contributed by atoms with Gasteiger partial charge in [-0.3, -0.25) is 37.3 Å². The maximum absolute atomic E-state index is 13.1. The third-order valence-corrected chi connectivity index (χ3v) is 17.8. The summed E-state index contributed by atoms with van der Waals surface area (Å²) in [4.78, 5) is 72.9. The fourth-order valence-corrected chi connectivity index (χ4v) is 11.6. The van der Waals surface area contributed by atoms with Gasteiger partial charge in [-0.15, -0.1) is 0 Å². The van der Waals surface area contributed by atoms with Crippen LogP contribution in [0.15, 0.2) is 122 Å². The number of aliphatic hydroxyl groups is 1. The molecule has 0 spiro atoms. The molecule has 0 heterocycles. The van der Waals surface area contributed by atoms with Crippen molar-refractivity contribution in [2.45, 2.75) is 329 Å². The van der Waals surface area contributed by atoms with Crippen LogP contribution in [0.4, 0.5) is 0 Å². The molecule has 574 valence electrons. The van der Waals surface area contributed by atoms with Gasteiger partial charge in [-0.2, -0.15) is 0 Å². The molecule has 5 atom stereocenters. The second kappa shape index (κ2) is 72.8. The van der Waals surface area contributed by atoms with Gasteiger partial charge in [0.15, 0.2) is 12.2 Å². The van der Waals surface area contributed by atoms with E-state index in [9.17, 15) is 43.2 Å². The van der Waals surface area contributed by atoms with Crippen molar-refractivity contribution >= 4 is 39.5 Å². The Balaban J connectivity index is 5.42. The van der Waals surface area contributed by atoms with E-state index in [-0.39, 0.29) is 25.7 Å². The fraction of sp³-hybridized carbons (Fsp3) is 0.704. The van der Waals surface area contributed by atoms with Crippen LogP contribution in [-0.4, -0.2) is 96.7 Å². The summed E-state index contributed by atoms with van der Waals surface area (Å²) < 4.78 is 68.5. The third-order valence-electron chi connectivity index (χ3n) is 15.9. The van der Waals surface area contributed by atoms with Crippen molar-refractivity contribution in [3.05, 3.63) is 122 Å². The zero-order chi connectivity index (χ0) is 73.2. The number of unbranched alkanes of at least 4 members (excludes halogenated alkanes) is 26. The minimum Gasteiger partial charge on any atom is -0.462 e. The molecule has 0 radical (unpaired) electrons. The number of carbonyl (C=O) groups is 4. The molecule has 0 bridgehead atoms. The van der Waals surface area contributed by atoms with Gasteiger partial charge < -0.3 is 33.8 Å². The molecule has 19 heteroatoms. The minimum atomic E-state index is -4.99. The lowest BCUT2D eigenvalue weighted by Gasteiger charge is -2.21. The average Bonchev–Trinajstić information content (AvgIpc) is 1.01. The summed E-state index contributed by atoms with van der Waals surface area (Å²) in [6.07, 6.45) is 79.0. The third kappa shape index (κ3) is 71.8. The molecular weight excluding hydrogens is 1310 g/mol. The normalized spacial score (nSPS) is 14.6. The largest absolute Gasteiger partial charge is 0.472 e. The van der Waals surface area contributed by atoms with Crippen LogP contribution < -0.4 is 0 Å². The van der Waals surface area contributed by atoms with Gasteiger partial charge in [0, 0.05) is 25.7 Å². The number of esters is 4. The van der Waals surface area contributed by atoms with E-state index in [2.05, 4.69) is 149 Å². The van der Waals surface area contributed by atoms with E-state index in [1.165, 1.54) is 57.8 Å². The van der Waals surface area contributed by atoms with Crippen molar-refractivity contribution < 1.29 is 80.2 Å². The molecule has 5 unspecified atom stereocenters. The van der Waals surface area contributed by atoms with Crippen LogP contribution in [0.1, 0.15) is 310 Å². The summed E-state index contributed by atoms with van der Waals surface area (Å²) >= 11 is 0. The van der Waals surface area contributed by atoms with Gasteiger partial charge >= 0.3 is 39.5 Å². The van der Waals surface area contributed by atoms with E-state index < -0.39 is 97.5 Å². The monoisotopic (exact) mass is 1440 g/mol. The standard InChI is InChI=1S/C81H138O17P2/c1-5-9-13-17-21-25-29-33-37-41-45-49-53-57-61-65-78(83)91-71-76(97-80(85)67-63-59-55-51-47-43-39-35-31-27-23-19-15-11-7-3)73-95-99(87,88)93-69-75(82)70-94-100(89,90)96-74-77(98-81(86)68-64-60-56-52-48-44-40-36-32-28-24-20-16-12-8-4)72-92-79(84)66-62-58-54-50-46-42-38-34-30-26-22-18-14-10-6-2/h9-10,13-14,21-23,25-27,33-40,45,49,75-77,82H,5-8,11-12,15-20,24,28-32,41-44,46-48,50-74H2,1-4H3,(H,87,88)(H,89,90)/b13-9-,14-10-,25-21-,26-22-,27-23-,37-33-,38-34-,39-35-,40-36-,49-45-. The number of rotatable bonds is 72. The van der Waals surface area contributed by atoms with Gasteiger partial charge in [0.25, 0.3) is 0 Å². The molecule has 0 fully saturated rings. The molecule has 0 rings (SSSR count). The maximum atomic E-state index is 13.1. The Labute approximate surface area is 606 Å². The molecule has 17 nitrogen and oxygen atoms in total. The van der Waals surface area contributed by atoms with Gasteiger partial charge in [0.1, 0.15) is 19.3 Å². The number of hydrogen-bond donors (Lipinski definition) is 3. The Morgan fingerprint density at radius 1 is 0.290 bits per heavy atom. The predicted molar refractivity (Wildman–Crippen MR) is 408 cm³/mol. The van der Waals surface area contributed by atoms with Crippen molar-refractivity contribution in [1.82, 2.24) is 0 Å². The molecule has 0 aliphatic rings. The SMILES string of the molecule is CC/C=C\C/C=C\C/C=C\C/C=C\CCCCC(=O)OCC(COP(=O)(O)OCC(O)COP(=O)(O)OCC(COC(=O)CCCCCCC/C=C\C/C=C\C/C=C\CC)OC(=O)CCCCCCC/C=C\CCCCCCCC)OC(=O)CCCCCCC/C=C\C/C=C\CCCCC. The first-order chi connectivity index (χ1) is 48.7. The summed E-state index contributed by atoms with van der Waals surface area (Å²) in [7, 11) is -9.98. The van der Waals surface area contributed by atoms with Crippen LogP contribution in [0, 0.1) is 0 Å². The summed E-state index contributed by atoms with van der Waals surface area (Å²) in [5.74, 6) is -2.26. The van der Waals surface area contributed by atoms with E-state index in [1.807, 2.05) is 0 Å². The second-order valence-electron chi connectivity index (χ2n) is 25.5. The maximum Gasteiger partial charge on any atom is 0.472 e. The van der Waals surface area contributed by atoms with Crippen molar-refractivity contribution in [2.24, 2.45) is 0 Å². The number of phosphoric acid groups is 2. The first-order valence-electron chi connectivity index (χ1n) is 38.8. The fourth-order valence-electron chi connectivity index (χ4n) is 10.0. The van der Waals surface area contributed by atoms with Crippen molar-refractivity contribution in [2.75, 3.05) is 39.6 Å². The highest BCUT2D eigenvalue weighted by molar-refractivity contribution is 7.47. The number of carbonyl (C=O) groups excluding carboxylic acids is 4. The number of aliphatic hydroxyl groups excluding tert-OH is 1. The molecular formula is C81H138O17P2. The first-order valence-corrected chi connectivity index (χ1v) is 41.8. The van der Waals surface area contributed by atoms with Crippen molar-refractivity contribution in [3.8, 4) is 0 Å².